The molecule has 0 fully saturated rings. The zero-order valence-electron chi connectivity index (χ0n) is 15.7. The molecule has 1 heterocycles. The molecule has 0 aromatic heterocycles. The van der Waals surface area contributed by atoms with E-state index >= 15 is 0 Å². The lowest BCUT2D eigenvalue weighted by molar-refractivity contribution is -0.141. The van der Waals surface area contributed by atoms with E-state index in [0.29, 0.717) is 23.6 Å². The van der Waals surface area contributed by atoms with Crippen molar-refractivity contribution in [3.63, 3.8) is 0 Å². The molecule has 7 heteroatoms. The molecular formula is C21H21ClN2O4. The highest BCUT2D eigenvalue weighted by atomic mass is 35.5. The van der Waals surface area contributed by atoms with Gasteiger partial charge in [0.05, 0.1) is 19.6 Å². The second-order valence-corrected chi connectivity index (χ2v) is 7.06. The van der Waals surface area contributed by atoms with Crippen LogP contribution in [0.3, 0.4) is 0 Å². The molecule has 2 aromatic rings. The molecule has 0 spiro atoms. The lowest BCUT2D eigenvalue weighted by atomic mass is 10.0. The zero-order valence-corrected chi connectivity index (χ0v) is 16.5. The number of hydrogen-bond acceptors (Lipinski definition) is 4. The maximum atomic E-state index is 12.8. The van der Waals surface area contributed by atoms with Gasteiger partial charge in [-0.3, -0.25) is 14.4 Å². The number of anilines is 1. The van der Waals surface area contributed by atoms with Crippen LogP contribution < -0.4 is 10.2 Å². The van der Waals surface area contributed by atoms with Crippen LogP contribution in [0.4, 0.5) is 5.69 Å². The zero-order chi connectivity index (χ0) is 20.3. The van der Waals surface area contributed by atoms with Crippen LogP contribution in [0.25, 0.3) is 0 Å². The van der Waals surface area contributed by atoms with Gasteiger partial charge in [0.2, 0.25) is 5.91 Å². The van der Waals surface area contributed by atoms with Gasteiger partial charge in [-0.25, -0.2) is 0 Å². The Morgan fingerprint density at radius 1 is 1.18 bits per heavy atom. The number of nitrogens with one attached hydrogen (secondary N) is 1. The molecule has 28 heavy (non-hydrogen) atoms. The average Bonchev–Trinajstić information content (AvgIpc) is 3.11. The number of halogens is 1. The van der Waals surface area contributed by atoms with E-state index in [2.05, 4.69) is 5.32 Å². The lowest BCUT2D eigenvalue weighted by Crippen LogP contribution is -2.30. The van der Waals surface area contributed by atoms with E-state index in [1.165, 1.54) is 14.0 Å². The molecule has 0 aliphatic carbocycles. The molecule has 0 radical (unpaired) electrons. The summed E-state index contributed by atoms with van der Waals surface area (Å²) in [4.78, 5) is 38.0. The van der Waals surface area contributed by atoms with E-state index in [0.717, 1.165) is 16.8 Å². The number of hydrogen-bond donors (Lipinski definition) is 1. The maximum Gasteiger partial charge on any atom is 0.307 e. The number of nitrogens with zero attached hydrogens (tertiary/aromatic N) is 1. The Labute approximate surface area is 168 Å². The van der Waals surface area contributed by atoms with E-state index in [4.69, 9.17) is 16.3 Å². The van der Waals surface area contributed by atoms with Gasteiger partial charge in [-0.15, -0.1) is 0 Å². The van der Waals surface area contributed by atoms with Crippen LogP contribution in [-0.2, 0) is 20.7 Å². The smallest absolute Gasteiger partial charge is 0.307 e. The predicted molar refractivity (Wildman–Crippen MR) is 106 cm³/mol. The van der Waals surface area contributed by atoms with Gasteiger partial charge in [0.15, 0.2) is 0 Å². The normalized spacial score (nSPS) is 13.6. The summed E-state index contributed by atoms with van der Waals surface area (Å²) in [5.41, 5.74) is 3.03. The van der Waals surface area contributed by atoms with Crippen LogP contribution in [0, 0.1) is 0 Å². The Bertz CT molecular complexity index is 911. The maximum absolute atomic E-state index is 12.8. The summed E-state index contributed by atoms with van der Waals surface area (Å²) in [5.74, 6) is -0.740. The van der Waals surface area contributed by atoms with Crippen molar-refractivity contribution in [1.29, 1.82) is 0 Å². The van der Waals surface area contributed by atoms with Gasteiger partial charge in [-0.2, -0.15) is 0 Å². The minimum absolute atomic E-state index is 0.00687. The molecule has 0 saturated carbocycles. The molecule has 146 valence electrons. The van der Waals surface area contributed by atoms with Gasteiger partial charge in [0.25, 0.3) is 5.91 Å². The summed E-state index contributed by atoms with van der Waals surface area (Å²) in [6, 6.07) is 11.7. The SMILES string of the molecule is COC(=O)CC(NC(=O)c1ccc2c(c1)CCN2C(C)=O)c1ccc(Cl)cc1. The molecule has 0 saturated heterocycles. The fourth-order valence-electron chi connectivity index (χ4n) is 3.31. The van der Waals surface area contributed by atoms with Gasteiger partial charge in [-0.1, -0.05) is 23.7 Å². The Hall–Kier alpha value is -2.86. The third-order valence-electron chi connectivity index (χ3n) is 4.79. The van der Waals surface area contributed by atoms with Gasteiger partial charge in [-0.05, 0) is 47.9 Å². The Kier molecular flexibility index (Phi) is 5.99. The molecule has 3 rings (SSSR count). The minimum Gasteiger partial charge on any atom is -0.469 e. The first-order valence-corrected chi connectivity index (χ1v) is 9.31. The first kappa shape index (κ1) is 19.9. The Morgan fingerprint density at radius 2 is 1.89 bits per heavy atom. The highest BCUT2D eigenvalue weighted by molar-refractivity contribution is 6.30. The highest BCUT2D eigenvalue weighted by Crippen LogP contribution is 2.29. The third-order valence-corrected chi connectivity index (χ3v) is 5.05. The van der Waals surface area contributed by atoms with Crippen molar-refractivity contribution in [1.82, 2.24) is 5.32 Å². The second-order valence-electron chi connectivity index (χ2n) is 6.62. The van der Waals surface area contributed by atoms with Gasteiger partial charge < -0.3 is 15.0 Å². The van der Waals surface area contributed by atoms with E-state index in [-0.39, 0.29) is 18.2 Å². The van der Waals surface area contributed by atoms with Gasteiger partial charge in [0, 0.05) is 29.7 Å². The molecule has 1 aliphatic rings. The molecular weight excluding hydrogens is 380 g/mol. The summed E-state index contributed by atoms with van der Waals surface area (Å²) >= 11 is 5.93. The molecule has 1 unspecified atom stereocenters. The number of esters is 1. The van der Waals surface area contributed by atoms with Crippen LogP contribution in [0.5, 0.6) is 0 Å². The summed E-state index contributed by atoms with van der Waals surface area (Å²) in [6.07, 6.45) is 0.714. The fourth-order valence-corrected chi connectivity index (χ4v) is 3.43. The number of carbonyl (C=O) groups excluding carboxylic acids is 3. The van der Waals surface area contributed by atoms with Crippen LogP contribution in [-0.4, -0.2) is 31.4 Å². The van der Waals surface area contributed by atoms with Gasteiger partial charge >= 0.3 is 5.97 Å². The number of methoxy groups -OCH3 is 1. The Morgan fingerprint density at radius 3 is 2.54 bits per heavy atom. The van der Waals surface area contributed by atoms with Gasteiger partial charge in [0.1, 0.15) is 0 Å². The Balaban J connectivity index is 1.81. The quantitative estimate of drug-likeness (QED) is 0.781. The lowest BCUT2D eigenvalue weighted by Gasteiger charge is -2.19. The first-order chi connectivity index (χ1) is 13.4. The van der Waals surface area contributed by atoms with Crippen molar-refractivity contribution in [2.75, 3.05) is 18.6 Å². The fraction of sp³-hybridized carbons (Fsp3) is 0.286. The van der Waals surface area contributed by atoms with E-state index < -0.39 is 12.0 Å². The van der Waals surface area contributed by atoms with Crippen molar-refractivity contribution < 1.29 is 19.1 Å². The molecule has 2 amide bonds. The van der Waals surface area contributed by atoms with Crippen LogP contribution >= 0.6 is 11.6 Å². The molecule has 0 bridgehead atoms. The third kappa shape index (κ3) is 4.34. The predicted octanol–water partition coefficient (Wildman–Crippen LogP) is 3.28. The number of benzene rings is 2. The standard InChI is InChI=1S/C21H21ClN2O4/c1-13(25)24-10-9-15-11-16(5-8-19(15)24)21(27)23-18(12-20(26)28-2)14-3-6-17(22)7-4-14/h3-8,11,18H,9-10,12H2,1-2H3,(H,23,27). The number of carbonyl (C=O) groups is 3. The number of ether oxygens (including phenoxy) is 1. The van der Waals surface area contributed by atoms with Crippen molar-refractivity contribution in [3.8, 4) is 0 Å². The summed E-state index contributed by atoms with van der Waals surface area (Å²) in [7, 11) is 1.31. The first-order valence-electron chi connectivity index (χ1n) is 8.93. The number of fused-ring (bicyclic) bond motifs is 1. The highest BCUT2D eigenvalue weighted by Gasteiger charge is 2.24. The summed E-state index contributed by atoms with van der Waals surface area (Å²) < 4.78 is 4.75. The molecule has 2 aromatic carbocycles. The average molecular weight is 401 g/mol. The summed E-state index contributed by atoms with van der Waals surface area (Å²) in [6.45, 7) is 2.14. The van der Waals surface area contributed by atoms with Crippen LogP contribution in [0.1, 0.15) is 40.9 Å². The van der Waals surface area contributed by atoms with Crippen molar-refractivity contribution in [2.24, 2.45) is 0 Å². The monoisotopic (exact) mass is 400 g/mol. The second kappa shape index (κ2) is 8.44. The van der Waals surface area contributed by atoms with E-state index in [1.54, 1.807) is 47.4 Å². The van der Waals surface area contributed by atoms with E-state index in [9.17, 15) is 14.4 Å². The molecule has 1 N–H and O–H groups in total. The number of rotatable bonds is 5. The topological polar surface area (TPSA) is 75.7 Å². The van der Waals surface area contributed by atoms with Crippen molar-refractivity contribution >= 4 is 35.1 Å². The van der Waals surface area contributed by atoms with Crippen molar-refractivity contribution in [2.45, 2.75) is 25.8 Å². The molecule has 1 aliphatic heterocycles. The van der Waals surface area contributed by atoms with Crippen LogP contribution in [0.15, 0.2) is 42.5 Å². The van der Waals surface area contributed by atoms with E-state index in [1.807, 2.05) is 0 Å². The molecule has 6 nitrogen and oxygen atoms in total. The number of amides is 2. The largest absolute Gasteiger partial charge is 0.469 e. The molecule has 1 atom stereocenters. The summed E-state index contributed by atoms with van der Waals surface area (Å²) in [5, 5.41) is 3.47. The van der Waals surface area contributed by atoms with Crippen molar-refractivity contribution in [3.05, 3.63) is 64.2 Å². The minimum atomic E-state index is -0.542. The van der Waals surface area contributed by atoms with Crippen LogP contribution in [0.2, 0.25) is 5.02 Å².